The lowest BCUT2D eigenvalue weighted by atomic mass is 10.1. The van der Waals surface area contributed by atoms with Crippen molar-refractivity contribution in [3.63, 3.8) is 0 Å². The molecule has 0 saturated heterocycles. The number of hydrogen-bond donors (Lipinski definition) is 1. The van der Waals surface area contributed by atoms with Crippen molar-refractivity contribution in [2.75, 3.05) is 6.61 Å². The lowest BCUT2D eigenvalue weighted by Crippen LogP contribution is -2.04. The molecule has 2 rings (SSSR count). The molecule has 2 aromatic carbocycles. The van der Waals surface area contributed by atoms with Crippen LogP contribution in [0.3, 0.4) is 0 Å². The molecule has 24 heavy (non-hydrogen) atoms. The van der Waals surface area contributed by atoms with Gasteiger partial charge in [-0.3, -0.25) is 0 Å². The van der Waals surface area contributed by atoms with Gasteiger partial charge in [0.05, 0.1) is 11.1 Å². The van der Waals surface area contributed by atoms with Gasteiger partial charge in [-0.1, -0.05) is 61.2 Å². The number of carbonyl (C=O) groups is 2. The third-order valence-electron chi connectivity index (χ3n) is 2.88. The first kappa shape index (κ1) is 18.9. The first-order valence-corrected chi connectivity index (χ1v) is 7.38. The molecule has 0 heterocycles. The number of rotatable bonds is 5. The molecule has 124 valence electrons. The summed E-state index contributed by atoms with van der Waals surface area (Å²) >= 11 is 0. The summed E-state index contributed by atoms with van der Waals surface area (Å²) in [4.78, 5) is 21.8. The lowest BCUT2D eigenvalue weighted by molar-refractivity contribution is 0.0549. The molecule has 4 heteroatoms. The molecule has 2 aromatic rings. The van der Waals surface area contributed by atoms with E-state index in [1.165, 1.54) is 0 Å². The van der Waals surface area contributed by atoms with Gasteiger partial charge in [0, 0.05) is 0 Å². The molecule has 0 spiro atoms. The number of esters is 1. The largest absolute Gasteiger partial charge is 0.478 e. The zero-order valence-electron chi connectivity index (χ0n) is 13.5. The Morgan fingerprint density at radius 3 is 2.29 bits per heavy atom. The highest BCUT2D eigenvalue weighted by Gasteiger charge is 2.05. The summed E-state index contributed by atoms with van der Waals surface area (Å²) in [6.45, 7) is 5.57. The Kier molecular flexibility index (Phi) is 8.32. The van der Waals surface area contributed by atoms with Crippen LogP contribution in [-0.2, 0) is 4.74 Å². The summed E-state index contributed by atoms with van der Waals surface area (Å²) in [5.41, 5.74) is 1.66. The predicted molar refractivity (Wildman–Crippen MR) is 95.0 cm³/mol. The minimum atomic E-state index is -0.885. The molecule has 0 saturated carbocycles. The third kappa shape index (κ3) is 6.32. The van der Waals surface area contributed by atoms with Crippen LogP contribution in [0.1, 0.15) is 33.2 Å². The van der Waals surface area contributed by atoms with E-state index in [-0.39, 0.29) is 12.6 Å². The van der Waals surface area contributed by atoms with Crippen molar-refractivity contribution in [2.24, 2.45) is 0 Å². The van der Waals surface area contributed by atoms with Crippen molar-refractivity contribution in [1.29, 1.82) is 0 Å². The number of carboxylic acid groups (broad SMARTS) is 1. The quantitative estimate of drug-likeness (QED) is 0.652. The molecule has 1 N–H and O–H groups in total. The Hall–Kier alpha value is -3.14. The summed E-state index contributed by atoms with van der Waals surface area (Å²) in [5.74, 6) is -1.20. The third-order valence-corrected chi connectivity index (χ3v) is 2.88. The van der Waals surface area contributed by atoms with Crippen LogP contribution in [0.2, 0.25) is 0 Å². The molecule has 0 aliphatic rings. The highest BCUT2D eigenvalue weighted by molar-refractivity contribution is 5.92. The Balaban J connectivity index is 0.000000240. The van der Waals surface area contributed by atoms with E-state index in [2.05, 4.69) is 6.58 Å². The number of ether oxygens (including phenoxy) is 1. The van der Waals surface area contributed by atoms with E-state index in [1.807, 2.05) is 25.1 Å². The number of benzene rings is 2. The Bertz CT molecular complexity index is 703. The van der Waals surface area contributed by atoms with Gasteiger partial charge >= 0.3 is 11.9 Å². The van der Waals surface area contributed by atoms with Crippen molar-refractivity contribution in [3.8, 4) is 0 Å². The summed E-state index contributed by atoms with van der Waals surface area (Å²) in [5, 5.41) is 8.76. The van der Waals surface area contributed by atoms with E-state index in [0.29, 0.717) is 11.1 Å². The van der Waals surface area contributed by atoms with Gasteiger partial charge in [-0.15, -0.1) is 0 Å². The number of carbonyl (C=O) groups excluding carboxylic acids is 1. The van der Waals surface area contributed by atoms with E-state index in [0.717, 1.165) is 5.56 Å². The summed E-state index contributed by atoms with van der Waals surface area (Å²) in [6, 6.07) is 15.8. The molecular weight excluding hydrogens is 304 g/mol. The number of carboxylic acids is 1. The van der Waals surface area contributed by atoms with Crippen LogP contribution in [0.4, 0.5) is 0 Å². The molecule has 0 aromatic heterocycles. The van der Waals surface area contributed by atoms with Crippen molar-refractivity contribution >= 4 is 18.0 Å². The molecule has 0 aliphatic carbocycles. The van der Waals surface area contributed by atoms with Gasteiger partial charge in [-0.05, 0) is 30.7 Å². The second-order valence-corrected chi connectivity index (χ2v) is 4.65. The minimum Gasteiger partial charge on any atom is -0.478 e. The molecule has 0 radical (unpaired) electrons. The van der Waals surface area contributed by atoms with Crippen LogP contribution >= 0.6 is 0 Å². The van der Waals surface area contributed by atoms with Crippen LogP contribution in [0.5, 0.6) is 0 Å². The number of hydrogen-bond acceptors (Lipinski definition) is 3. The zero-order chi connectivity index (χ0) is 17.8. The first-order valence-electron chi connectivity index (χ1n) is 7.38. The highest BCUT2D eigenvalue weighted by atomic mass is 16.5. The van der Waals surface area contributed by atoms with Gasteiger partial charge in [-0.25, -0.2) is 9.59 Å². The summed E-state index contributed by atoms with van der Waals surface area (Å²) in [6.07, 6.45) is 5.14. The molecule has 0 fully saturated rings. The molecule has 0 atom stereocenters. The number of allylic oxidation sites excluding steroid dienone is 1. The van der Waals surface area contributed by atoms with Crippen molar-refractivity contribution in [1.82, 2.24) is 0 Å². The fraction of sp³-hybridized carbons (Fsp3) is 0.100. The zero-order valence-corrected chi connectivity index (χ0v) is 13.5. The van der Waals surface area contributed by atoms with Gasteiger partial charge in [0.2, 0.25) is 0 Å². The molecule has 4 nitrogen and oxygen atoms in total. The van der Waals surface area contributed by atoms with E-state index >= 15 is 0 Å². The molecule has 0 unspecified atom stereocenters. The Morgan fingerprint density at radius 2 is 1.71 bits per heavy atom. The normalized spacial score (nSPS) is 9.71. The molecule has 0 amide bonds. The Morgan fingerprint density at radius 1 is 1.08 bits per heavy atom. The highest BCUT2D eigenvalue weighted by Crippen LogP contribution is 2.10. The molecular formula is C20H20O4. The van der Waals surface area contributed by atoms with Gasteiger partial charge in [0.25, 0.3) is 0 Å². The monoisotopic (exact) mass is 324 g/mol. The maximum atomic E-state index is 11.1. The van der Waals surface area contributed by atoms with Crippen molar-refractivity contribution < 1.29 is 19.4 Å². The molecule has 0 aliphatic heterocycles. The van der Waals surface area contributed by atoms with E-state index in [1.54, 1.807) is 54.6 Å². The fourth-order valence-corrected chi connectivity index (χ4v) is 1.81. The maximum absolute atomic E-state index is 11.1. The van der Waals surface area contributed by atoms with Gasteiger partial charge < -0.3 is 9.84 Å². The Labute approximate surface area is 141 Å². The fourth-order valence-electron chi connectivity index (χ4n) is 1.81. The smallest absolute Gasteiger partial charge is 0.338 e. The average Bonchev–Trinajstić information content (AvgIpc) is 2.61. The second kappa shape index (κ2) is 10.6. The van der Waals surface area contributed by atoms with Crippen LogP contribution in [0.15, 0.2) is 73.3 Å². The SMILES string of the molecule is C=CCOC(=O)c1ccccc1.CC=Cc1ccccc1C(=O)O. The van der Waals surface area contributed by atoms with Gasteiger partial charge in [0.15, 0.2) is 0 Å². The second-order valence-electron chi connectivity index (χ2n) is 4.65. The first-order chi connectivity index (χ1) is 11.6. The minimum absolute atomic E-state index is 0.258. The number of aromatic carboxylic acids is 1. The summed E-state index contributed by atoms with van der Waals surface area (Å²) in [7, 11) is 0. The molecule has 0 bridgehead atoms. The predicted octanol–water partition coefficient (Wildman–Crippen LogP) is 4.45. The van der Waals surface area contributed by atoms with Crippen molar-refractivity contribution in [2.45, 2.75) is 6.92 Å². The average molecular weight is 324 g/mol. The topological polar surface area (TPSA) is 63.6 Å². The van der Waals surface area contributed by atoms with E-state index < -0.39 is 5.97 Å². The van der Waals surface area contributed by atoms with E-state index in [9.17, 15) is 9.59 Å². The van der Waals surface area contributed by atoms with Crippen LogP contribution in [0, 0.1) is 0 Å². The van der Waals surface area contributed by atoms with Crippen LogP contribution in [-0.4, -0.2) is 23.7 Å². The van der Waals surface area contributed by atoms with Gasteiger partial charge in [0.1, 0.15) is 6.61 Å². The standard InChI is InChI=1S/2C10H10O2/c1-2-8-12-10(11)9-6-4-3-5-7-9;1-2-5-8-6-3-4-7-9(8)10(11)12/h2-7H,1,8H2;2-7H,1H3,(H,11,12). The summed E-state index contributed by atoms with van der Waals surface area (Å²) < 4.78 is 4.82. The maximum Gasteiger partial charge on any atom is 0.338 e. The lowest BCUT2D eigenvalue weighted by Gasteiger charge is -1.99. The van der Waals surface area contributed by atoms with Crippen LogP contribution < -0.4 is 0 Å². The van der Waals surface area contributed by atoms with Crippen LogP contribution in [0.25, 0.3) is 6.08 Å². The van der Waals surface area contributed by atoms with Gasteiger partial charge in [-0.2, -0.15) is 0 Å². The van der Waals surface area contributed by atoms with Crippen molar-refractivity contribution in [3.05, 3.63) is 90.0 Å². The van der Waals surface area contributed by atoms with E-state index in [4.69, 9.17) is 9.84 Å².